The van der Waals surface area contributed by atoms with Crippen LogP contribution >= 0.6 is 12.2 Å². The van der Waals surface area contributed by atoms with Gasteiger partial charge in [-0.2, -0.15) is 0 Å². The first-order valence-electron chi connectivity index (χ1n) is 5.74. The van der Waals surface area contributed by atoms with Crippen LogP contribution in [0.5, 0.6) is 0 Å². The molecule has 0 aromatic carbocycles. The molecule has 0 saturated heterocycles. The highest BCUT2D eigenvalue weighted by Gasteiger charge is 2.14. The maximum atomic E-state index is 11.3. The van der Waals surface area contributed by atoms with Crippen LogP contribution in [0.3, 0.4) is 0 Å². The fraction of sp³-hybridized carbons (Fsp3) is 0.636. The molecule has 1 aromatic rings. The van der Waals surface area contributed by atoms with E-state index in [1.807, 2.05) is 0 Å². The average Bonchev–Trinajstić information content (AvgIpc) is 2.40. The predicted molar refractivity (Wildman–Crippen MR) is 69.2 cm³/mol. The monoisotopic (exact) mass is 272 g/mol. The SMILES string of the molecule is CS(=O)(=O)Cc1nc(=S)c2c([nH]1)CCCCC2. The van der Waals surface area contributed by atoms with Crippen molar-refractivity contribution >= 4 is 22.1 Å². The van der Waals surface area contributed by atoms with Crippen molar-refractivity contribution in [2.24, 2.45) is 0 Å². The normalized spacial score (nSPS) is 16.3. The third kappa shape index (κ3) is 3.35. The molecule has 0 atom stereocenters. The molecule has 4 nitrogen and oxygen atoms in total. The van der Waals surface area contributed by atoms with Gasteiger partial charge in [0.25, 0.3) is 0 Å². The highest BCUT2D eigenvalue weighted by molar-refractivity contribution is 7.89. The van der Waals surface area contributed by atoms with Gasteiger partial charge in [-0.3, -0.25) is 0 Å². The summed E-state index contributed by atoms with van der Waals surface area (Å²) in [5.41, 5.74) is 2.19. The van der Waals surface area contributed by atoms with E-state index in [9.17, 15) is 8.42 Å². The summed E-state index contributed by atoms with van der Waals surface area (Å²) >= 11 is 5.25. The summed E-state index contributed by atoms with van der Waals surface area (Å²) in [7, 11) is -3.07. The summed E-state index contributed by atoms with van der Waals surface area (Å²) in [6.45, 7) is 0. The van der Waals surface area contributed by atoms with Crippen LogP contribution in [0.4, 0.5) is 0 Å². The van der Waals surface area contributed by atoms with Gasteiger partial charge in [0.05, 0.1) is 0 Å². The van der Waals surface area contributed by atoms with E-state index in [0.29, 0.717) is 10.5 Å². The Balaban J connectivity index is 2.42. The van der Waals surface area contributed by atoms with Crippen molar-refractivity contribution in [2.45, 2.75) is 37.9 Å². The second-order valence-corrected chi connectivity index (χ2v) is 7.10. The van der Waals surface area contributed by atoms with E-state index in [-0.39, 0.29) is 5.75 Å². The van der Waals surface area contributed by atoms with Crippen molar-refractivity contribution in [2.75, 3.05) is 6.26 Å². The predicted octanol–water partition coefficient (Wildman–Crippen LogP) is 1.95. The lowest BCUT2D eigenvalue weighted by Gasteiger charge is -2.08. The number of rotatable bonds is 2. The van der Waals surface area contributed by atoms with Crippen molar-refractivity contribution in [3.05, 3.63) is 21.7 Å². The molecule has 2 rings (SSSR count). The molecular weight excluding hydrogens is 256 g/mol. The van der Waals surface area contributed by atoms with Crippen LogP contribution in [0, 0.1) is 4.64 Å². The zero-order valence-corrected chi connectivity index (χ0v) is 11.5. The van der Waals surface area contributed by atoms with Gasteiger partial charge in [0, 0.05) is 17.5 Å². The Morgan fingerprint density at radius 3 is 2.71 bits per heavy atom. The standard InChI is InChI=1S/C11H16N2O2S2/c1-17(14,15)7-10-12-9-6-4-2-3-5-8(9)11(16)13-10/h2-7H2,1H3,(H,12,13,16). The molecule has 6 heteroatoms. The van der Waals surface area contributed by atoms with E-state index in [4.69, 9.17) is 12.2 Å². The van der Waals surface area contributed by atoms with E-state index in [1.54, 1.807) is 0 Å². The molecule has 1 aliphatic carbocycles. The van der Waals surface area contributed by atoms with Gasteiger partial charge < -0.3 is 4.98 Å². The molecule has 0 amide bonds. The smallest absolute Gasteiger partial charge is 0.154 e. The molecule has 0 radical (unpaired) electrons. The number of nitrogens with one attached hydrogen (secondary N) is 1. The van der Waals surface area contributed by atoms with Gasteiger partial charge in [0.1, 0.15) is 16.2 Å². The minimum Gasteiger partial charge on any atom is -0.346 e. The maximum absolute atomic E-state index is 11.3. The minimum absolute atomic E-state index is 0.0656. The zero-order chi connectivity index (χ0) is 12.5. The second kappa shape index (κ2) is 4.86. The van der Waals surface area contributed by atoms with Crippen LogP contribution in [0.25, 0.3) is 0 Å². The van der Waals surface area contributed by atoms with Gasteiger partial charge in [0.2, 0.25) is 0 Å². The molecule has 0 aliphatic heterocycles. The van der Waals surface area contributed by atoms with Crippen molar-refractivity contribution in [1.29, 1.82) is 0 Å². The summed E-state index contributed by atoms with van der Waals surface area (Å²) in [4.78, 5) is 7.34. The Hall–Kier alpha value is -0.750. The Bertz CT molecular complexity index is 576. The Morgan fingerprint density at radius 2 is 2.00 bits per heavy atom. The van der Waals surface area contributed by atoms with Crippen LogP contribution in [0.15, 0.2) is 0 Å². The molecule has 1 aromatic heterocycles. The van der Waals surface area contributed by atoms with Crippen LogP contribution in [-0.2, 0) is 28.4 Å². The van der Waals surface area contributed by atoms with Crippen LogP contribution in [0.2, 0.25) is 0 Å². The Morgan fingerprint density at radius 1 is 1.29 bits per heavy atom. The van der Waals surface area contributed by atoms with Crippen molar-refractivity contribution in [3.8, 4) is 0 Å². The minimum atomic E-state index is -3.07. The molecule has 0 saturated carbocycles. The second-order valence-electron chi connectivity index (χ2n) is 4.58. The maximum Gasteiger partial charge on any atom is 0.154 e. The summed E-state index contributed by atoms with van der Waals surface area (Å²) in [6.07, 6.45) is 6.56. The number of aryl methyl sites for hydroxylation is 1. The molecule has 1 aliphatic rings. The number of nitrogens with zero attached hydrogens (tertiary/aromatic N) is 1. The zero-order valence-electron chi connectivity index (χ0n) is 9.82. The van der Waals surface area contributed by atoms with Crippen LogP contribution in [-0.4, -0.2) is 24.6 Å². The quantitative estimate of drug-likeness (QED) is 0.660. The summed E-state index contributed by atoms with van der Waals surface area (Å²) in [6, 6.07) is 0. The van der Waals surface area contributed by atoms with E-state index in [1.165, 1.54) is 12.7 Å². The van der Waals surface area contributed by atoms with Gasteiger partial charge >= 0.3 is 0 Å². The van der Waals surface area contributed by atoms with Crippen molar-refractivity contribution < 1.29 is 8.42 Å². The highest BCUT2D eigenvalue weighted by Crippen LogP contribution is 2.19. The molecule has 0 bridgehead atoms. The van der Waals surface area contributed by atoms with Gasteiger partial charge in [-0.25, -0.2) is 13.4 Å². The van der Waals surface area contributed by atoms with Gasteiger partial charge in [-0.1, -0.05) is 18.6 Å². The lowest BCUT2D eigenvalue weighted by molar-refractivity contribution is 0.599. The molecule has 0 fully saturated rings. The Labute approximate surface area is 106 Å². The third-order valence-electron chi connectivity index (χ3n) is 2.91. The average molecular weight is 272 g/mol. The number of H-pyrrole nitrogens is 1. The molecule has 0 spiro atoms. The number of fused-ring (bicyclic) bond motifs is 1. The number of aromatic amines is 1. The van der Waals surface area contributed by atoms with Crippen molar-refractivity contribution in [1.82, 2.24) is 9.97 Å². The first-order valence-corrected chi connectivity index (χ1v) is 8.21. The van der Waals surface area contributed by atoms with E-state index in [0.717, 1.165) is 36.9 Å². The summed E-state index contributed by atoms with van der Waals surface area (Å²) in [5, 5.41) is 0. The van der Waals surface area contributed by atoms with E-state index < -0.39 is 9.84 Å². The van der Waals surface area contributed by atoms with Gasteiger partial charge in [-0.15, -0.1) is 0 Å². The van der Waals surface area contributed by atoms with E-state index >= 15 is 0 Å². The number of hydrogen-bond donors (Lipinski definition) is 1. The first-order chi connectivity index (χ1) is 7.96. The van der Waals surface area contributed by atoms with Crippen molar-refractivity contribution in [3.63, 3.8) is 0 Å². The van der Waals surface area contributed by atoms with E-state index in [2.05, 4.69) is 9.97 Å². The number of aromatic nitrogens is 2. The molecular formula is C11H16N2O2S2. The Kier molecular flexibility index (Phi) is 3.63. The fourth-order valence-corrected chi connectivity index (χ4v) is 3.13. The highest BCUT2D eigenvalue weighted by atomic mass is 32.2. The molecule has 17 heavy (non-hydrogen) atoms. The molecule has 1 N–H and O–H groups in total. The van der Waals surface area contributed by atoms with Gasteiger partial charge in [0.15, 0.2) is 9.84 Å². The first kappa shape index (κ1) is 12.7. The lowest BCUT2D eigenvalue weighted by Crippen LogP contribution is -2.09. The topological polar surface area (TPSA) is 62.8 Å². The number of sulfone groups is 1. The van der Waals surface area contributed by atoms with Gasteiger partial charge in [-0.05, 0) is 25.7 Å². The largest absolute Gasteiger partial charge is 0.346 e. The fourth-order valence-electron chi connectivity index (χ4n) is 2.16. The molecule has 1 heterocycles. The number of hydrogen-bond acceptors (Lipinski definition) is 4. The molecule has 0 unspecified atom stereocenters. The van der Waals surface area contributed by atoms with Crippen LogP contribution < -0.4 is 0 Å². The molecule has 94 valence electrons. The summed E-state index contributed by atoms with van der Waals surface area (Å²) in [5.74, 6) is 0.405. The van der Waals surface area contributed by atoms with Crippen LogP contribution in [0.1, 0.15) is 36.3 Å². The summed E-state index contributed by atoms with van der Waals surface area (Å²) < 4.78 is 23.1. The lowest BCUT2D eigenvalue weighted by atomic mass is 10.1. The third-order valence-corrected chi connectivity index (χ3v) is 4.04.